The number of halogens is 1. The van der Waals surface area contributed by atoms with E-state index in [1.807, 2.05) is 26.0 Å². The third-order valence-electron chi connectivity index (χ3n) is 4.32. The molecule has 152 valence electrons. The predicted octanol–water partition coefficient (Wildman–Crippen LogP) is 4.13. The summed E-state index contributed by atoms with van der Waals surface area (Å²) in [4.78, 5) is 12.8. The van der Waals surface area contributed by atoms with Gasteiger partial charge in [0, 0.05) is 22.3 Å². The highest BCUT2D eigenvalue weighted by atomic mass is 79.9. The van der Waals surface area contributed by atoms with Gasteiger partial charge in [-0.2, -0.15) is 0 Å². The molecule has 6 nitrogen and oxygen atoms in total. The predicted molar refractivity (Wildman–Crippen MR) is 115 cm³/mol. The lowest BCUT2D eigenvalue weighted by atomic mass is 10.0. The van der Waals surface area contributed by atoms with Crippen molar-refractivity contribution in [1.29, 1.82) is 0 Å². The second kappa shape index (κ2) is 9.54. The van der Waals surface area contributed by atoms with E-state index in [4.69, 9.17) is 4.74 Å². The van der Waals surface area contributed by atoms with Crippen LogP contribution in [0.5, 0.6) is 5.75 Å². The molecule has 2 N–H and O–H groups in total. The van der Waals surface area contributed by atoms with Gasteiger partial charge in [-0.3, -0.25) is 4.79 Å². The van der Waals surface area contributed by atoms with E-state index in [-0.39, 0.29) is 28.7 Å². The van der Waals surface area contributed by atoms with Gasteiger partial charge >= 0.3 is 0 Å². The van der Waals surface area contributed by atoms with Gasteiger partial charge in [-0.05, 0) is 54.3 Å². The fraction of sp³-hybridized carbons (Fsp3) is 0.350. The number of carbonyl (C=O) groups excluding carboxylic acids is 1. The molecule has 0 radical (unpaired) electrons. The molecular formula is C20H25BrN2O4S. The van der Waals surface area contributed by atoms with Crippen LogP contribution < -0.4 is 14.8 Å². The van der Waals surface area contributed by atoms with Crippen LogP contribution in [0, 0.1) is 0 Å². The zero-order valence-corrected chi connectivity index (χ0v) is 18.8. The molecule has 0 saturated heterocycles. The molecule has 0 fully saturated rings. The Morgan fingerprint density at radius 1 is 1.07 bits per heavy atom. The van der Waals surface area contributed by atoms with Crippen LogP contribution in [0.15, 0.2) is 39.7 Å². The summed E-state index contributed by atoms with van der Waals surface area (Å²) in [5.41, 5.74) is 3.02. The molecule has 2 aromatic rings. The van der Waals surface area contributed by atoms with Crippen molar-refractivity contribution in [2.24, 2.45) is 0 Å². The molecule has 0 aliphatic carbocycles. The SMILES string of the molecule is CCNS(=O)(=O)c1cc(C(=O)Nc2c(CC)cc(Br)cc2CC)ccc1OC. The topological polar surface area (TPSA) is 84.5 Å². The first-order valence-corrected chi connectivity index (χ1v) is 11.3. The van der Waals surface area contributed by atoms with Crippen molar-refractivity contribution in [3.8, 4) is 5.75 Å². The van der Waals surface area contributed by atoms with Crippen LogP contribution in [-0.2, 0) is 22.9 Å². The van der Waals surface area contributed by atoms with E-state index in [0.717, 1.165) is 34.1 Å². The Kier molecular flexibility index (Phi) is 7.63. The van der Waals surface area contributed by atoms with E-state index in [1.165, 1.54) is 19.2 Å². The number of amides is 1. The highest BCUT2D eigenvalue weighted by molar-refractivity contribution is 9.10. The number of benzene rings is 2. The summed E-state index contributed by atoms with van der Waals surface area (Å²) < 4.78 is 33.5. The molecule has 0 heterocycles. The Morgan fingerprint density at radius 3 is 2.18 bits per heavy atom. The first-order chi connectivity index (χ1) is 13.3. The number of anilines is 1. The van der Waals surface area contributed by atoms with Crippen molar-refractivity contribution in [2.45, 2.75) is 38.5 Å². The van der Waals surface area contributed by atoms with E-state index >= 15 is 0 Å². The summed E-state index contributed by atoms with van der Waals surface area (Å²) in [6.07, 6.45) is 1.51. The summed E-state index contributed by atoms with van der Waals surface area (Å²) in [6, 6.07) is 8.33. The smallest absolute Gasteiger partial charge is 0.255 e. The number of methoxy groups -OCH3 is 1. The molecule has 0 aliphatic rings. The molecule has 0 aliphatic heterocycles. The second-order valence-electron chi connectivity index (χ2n) is 6.13. The van der Waals surface area contributed by atoms with Crippen LogP contribution in [0.25, 0.3) is 0 Å². The second-order valence-corrected chi connectivity index (χ2v) is 8.78. The number of carbonyl (C=O) groups is 1. The molecule has 0 aromatic heterocycles. The summed E-state index contributed by atoms with van der Waals surface area (Å²) in [6.45, 7) is 5.96. The van der Waals surface area contributed by atoms with E-state index in [0.29, 0.717) is 0 Å². The lowest BCUT2D eigenvalue weighted by molar-refractivity contribution is 0.102. The number of sulfonamides is 1. The average molecular weight is 469 g/mol. The fourth-order valence-electron chi connectivity index (χ4n) is 2.92. The van der Waals surface area contributed by atoms with Gasteiger partial charge in [0.15, 0.2) is 0 Å². The standard InChI is InChI=1S/C20H25BrN2O4S/c1-5-13-10-16(21)11-14(6-2)19(13)23-20(24)15-8-9-17(27-4)18(12-15)28(25,26)22-7-3/h8-12,22H,5-7H2,1-4H3,(H,23,24). The number of nitrogens with one attached hydrogen (secondary N) is 2. The number of ether oxygens (including phenoxy) is 1. The first-order valence-electron chi connectivity index (χ1n) is 9.07. The van der Waals surface area contributed by atoms with E-state index in [1.54, 1.807) is 13.0 Å². The van der Waals surface area contributed by atoms with Gasteiger partial charge in [0.1, 0.15) is 10.6 Å². The van der Waals surface area contributed by atoms with Gasteiger partial charge in [0.25, 0.3) is 5.91 Å². The summed E-state index contributed by atoms with van der Waals surface area (Å²) in [5.74, 6) is -0.188. The molecule has 2 rings (SSSR count). The number of aryl methyl sites for hydroxylation is 2. The normalized spacial score (nSPS) is 11.3. The van der Waals surface area contributed by atoms with Crippen LogP contribution in [0.4, 0.5) is 5.69 Å². The molecule has 2 aromatic carbocycles. The quantitative estimate of drug-likeness (QED) is 0.609. The lowest BCUT2D eigenvalue weighted by Crippen LogP contribution is -2.24. The van der Waals surface area contributed by atoms with Crippen LogP contribution in [0.2, 0.25) is 0 Å². The molecule has 0 saturated carbocycles. The molecule has 0 spiro atoms. The van der Waals surface area contributed by atoms with Crippen LogP contribution >= 0.6 is 15.9 Å². The van der Waals surface area contributed by atoms with Crippen molar-refractivity contribution in [3.63, 3.8) is 0 Å². The summed E-state index contributed by atoms with van der Waals surface area (Å²) in [5, 5.41) is 2.96. The molecule has 0 unspecified atom stereocenters. The minimum absolute atomic E-state index is 0.0632. The number of hydrogen-bond donors (Lipinski definition) is 2. The number of rotatable bonds is 8. The zero-order chi connectivity index (χ0) is 20.9. The Labute approximate surface area is 174 Å². The molecule has 1 amide bonds. The Bertz CT molecular complexity index is 949. The van der Waals surface area contributed by atoms with Gasteiger partial charge in [-0.15, -0.1) is 0 Å². The first kappa shape index (κ1) is 22.4. The number of hydrogen-bond acceptors (Lipinski definition) is 4. The Morgan fingerprint density at radius 2 is 1.68 bits per heavy atom. The van der Waals surface area contributed by atoms with Crippen LogP contribution in [0.1, 0.15) is 42.3 Å². The van der Waals surface area contributed by atoms with E-state index in [9.17, 15) is 13.2 Å². The minimum Gasteiger partial charge on any atom is -0.495 e. The maximum Gasteiger partial charge on any atom is 0.255 e. The van der Waals surface area contributed by atoms with E-state index in [2.05, 4.69) is 26.0 Å². The lowest BCUT2D eigenvalue weighted by Gasteiger charge is -2.16. The molecule has 28 heavy (non-hydrogen) atoms. The molecule has 0 bridgehead atoms. The van der Waals surface area contributed by atoms with Gasteiger partial charge in [0.2, 0.25) is 10.0 Å². The minimum atomic E-state index is -3.77. The third-order valence-corrected chi connectivity index (χ3v) is 6.34. The van der Waals surface area contributed by atoms with Crippen molar-refractivity contribution in [1.82, 2.24) is 4.72 Å². The van der Waals surface area contributed by atoms with Gasteiger partial charge in [-0.25, -0.2) is 13.1 Å². The van der Waals surface area contributed by atoms with E-state index < -0.39 is 10.0 Å². The third kappa shape index (κ3) is 4.92. The molecule has 0 atom stereocenters. The highest BCUT2D eigenvalue weighted by Gasteiger charge is 2.21. The molecular weight excluding hydrogens is 444 g/mol. The summed E-state index contributed by atoms with van der Waals surface area (Å²) in [7, 11) is -2.38. The van der Waals surface area contributed by atoms with Gasteiger partial charge in [-0.1, -0.05) is 36.7 Å². The molecule has 8 heteroatoms. The van der Waals surface area contributed by atoms with Gasteiger partial charge < -0.3 is 10.1 Å². The largest absolute Gasteiger partial charge is 0.495 e. The Balaban J connectivity index is 2.46. The highest BCUT2D eigenvalue weighted by Crippen LogP contribution is 2.29. The van der Waals surface area contributed by atoms with Crippen molar-refractivity contribution < 1.29 is 17.9 Å². The van der Waals surface area contributed by atoms with Gasteiger partial charge in [0.05, 0.1) is 7.11 Å². The summed E-state index contributed by atoms with van der Waals surface area (Å²) >= 11 is 3.50. The van der Waals surface area contributed by atoms with Crippen molar-refractivity contribution >= 4 is 37.5 Å². The van der Waals surface area contributed by atoms with Crippen molar-refractivity contribution in [3.05, 3.63) is 51.5 Å². The monoisotopic (exact) mass is 468 g/mol. The maximum absolute atomic E-state index is 12.9. The fourth-order valence-corrected chi connectivity index (χ4v) is 4.71. The zero-order valence-electron chi connectivity index (χ0n) is 16.4. The van der Waals surface area contributed by atoms with Crippen LogP contribution in [-0.4, -0.2) is 28.0 Å². The van der Waals surface area contributed by atoms with Crippen LogP contribution in [0.3, 0.4) is 0 Å². The average Bonchev–Trinajstić information content (AvgIpc) is 2.68. The van der Waals surface area contributed by atoms with Crippen molar-refractivity contribution in [2.75, 3.05) is 19.0 Å². The maximum atomic E-state index is 12.9. The Hall–Kier alpha value is -1.90.